The van der Waals surface area contributed by atoms with Crippen LogP contribution in [0, 0.1) is 0 Å². The molecule has 0 aromatic heterocycles. The second kappa shape index (κ2) is 5.66. The zero-order chi connectivity index (χ0) is 12.9. The van der Waals surface area contributed by atoms with Gasteiger partial charge >= 0.3 is 12.1 Å². The van der Waals surface area contributed by atoms with E-state index in [-0.39, 0.29) is 0 Å². The minimum atomic E-state index is -1.88. The number of carboxylic acids is 1. The number of hydrogen-bond acceptors (Lipinski definition) is 5. The van der Waals surface area contributed by atoms with Crippen LogP contribution in [-0.2, 0) is 9.53 Å². The number of nitrogens with one attached hydrogen (secondary N) is 1. The van der Waals surface area contributed by atoms with E-state index in [1.165, 1.54) is 0 Å². The van der Waals surface area contributed by atoms with Crippen LogP contribution in [-0.4, -0.2) is 51.7 Å². The van der Waals surface area contributed by atoms with Crippen molar-refractivity contribution in [3.05, 3.63) is 0 Å². The first-order valence-electron chi connectivity index (χ1n) is 4.68. The van der Waals surface area contributed by atoms with E-state index in [9.17, 15) is 9.59 Å². The molecule has 16 heavy (non-hydrogen) atoms. The molecule has 7 heteroatoms. The number of alkyl carbamates (subject to hydrolysis) is 1. The average Bonchev–Trinajstić information content (AvgIpc) is 2.09. The molecule has 0 rings (SSSR count). The fourth-order valence-electron chi connectivity index (χ4n) is 0.855. The first-order valence-corrected chi connectivity index (χ1v) is 4.68. The molecule has 4 N–H and O–H groups in total. The summed E-state index contributed by atoms with van der Waals surface area (Å²) in [5, 5.41) is 28.4. The molecule has 0 heterocycles. The van der Waals surface area contributed by atoms with E-state index in [2.05, 4.69) is 5.32 Å². The third kappa shape index (κ3) is 5.52. The van der Waals surface area contributed by atoms with E-state index >= 15 is 0 Å². The fraction of sp³-hybridized carbons (Fsp3) is 0.778. The quantitative estimate of drug-likeness (QED) is 0.513. The number of ether oxygens (including phenoxy) is 1. The highest BCUT2D eigenvalue weighted by molar-refractivity contribution is 5.75. The van der Waals surface area contributed by atoms with Crippen molar-refractivity contribution in [2.24, 2.45) is 0 Å². The predicted molar refractivity (Wildman–Crippen MR) is 53.9 cm³/mol. The van der Waals surface area contributed by atoms with Crippen LogP contribution in [0.25, 0.3) is 0 Å². The average molecular weight is 235 g/mol. The zero-order valence-electron chi connectivity index (χ0n) is 9.43. The zero-order valence-corrected chi connectivity index (χ0v) is 9.43. The van der Waals surface area contributed by atoms with Gasteiger partial charge < -0.3 is 25.4 Å². The molecular formula is C9H17NO6. The normalized spacial score (nSPS) is 15.1. The molecule has 2 unspecified atom stereocenters. The minimum Gasteiger partial charge on any atom is -0.479 e. The minimum absolute atomic E-state index is 0.702. The van der Waals surface area contributed by atoms with Gasteiger partial charge in [0.25, 0.3) is 0 Å². The SMILES string of the molecule is CC(C)(C)OC(=O)NC(CO)C(O)C(=O)O. The Hall–Kier alpha value is -1.34. The number of carboxylic acid groups (broad SMARTS) is 1. The Labute approximate surface area is 93.0 Å². The monoisotopic (exact) mass is 235 g/mol. The molecule has 1 amide bonds. The van der Waals surface area contributed by atoms with Gasteiger partial charge in [-0.2, -0.15) is 0 Å². The van der Waals surface area contributed by atoms with E-state index in [0.29, 0.717) is 0 Å². The number of aliphatic hydroxyl groups excluding tert-OH is 2. The second-order valence-corrected chi connectivity index (χ2v) is 4.22. The predicted octanol–water partition coefficient (Wildman–Crippen LogP) is -0.682. The maximum Gasteiger partial charge on any atom is 0.408 e. The lowest BCUT2D eigenvalue weighted by Gasteiger charge is -2.23. The maximum absolute atomic E-state index is 11.2. The van der Waals surface area contributed by atoms with Crippen molar-refractivity contribution in [1.82, 2.24) is 5.32 Å². The summed E-state index contributed by atoms with van der Waals surface area (Å²) in [6, 6.07) is -1.30. The number of carbonyl (C=O) groups excluding carboxylic acids is 1. The Bertz CT molecular complexity index is 259. The van der Waals surface area contributed by atoms with Crippen molar-refractivity contribution in [2.45, 2.75) is 38.5 Å². The second-order valence-electron chi connectivity index (χ2n) is 4.22. The molecule has 0 bridgehead atoms. The number of carbonyl (C=O) groups is 2. The summed E-state index contributed by atoms with van der Waals surface area (Å²) in [4.78, 5) is 21.6. The first-order chi connectivity index (χ1) is 7.17. The highest BCUT2D eigenvalue weighted by atomic mass is 16.6. The highest BCUT2D eigenvalue weighted by Crippen LogP contribution is 2.07. The number of rotatable bonds is 4. The van der Waals surface area contributed by atoms with Gasteiger partial charge in [0.2, 0.25) is 0 Å². The van der Waals surface area contributed by atoms with Crippen molar-refractivity contribution < 1.29 is 29.6 Å². The van der Waals surface area contributed by atoms with Gasteiger partial charge in [0.15, 0.2) is 6.10 Å². The van der Waals surface area contributed by atoms with Crippen molar-refractivity contribution in [3.63, 3.8) is 0 Å². The van der Waals surface area contributed by atoms with Gasteiger partial charge in [-0.25, -0.2) is 9.59 Å². The molecule has 7 nitrogen and oxygen atoms in total. The largest absolute Gasteiger partial charge is 0.479 e. The molecule has 0 aliphatic heterocycles. The van der Waals surface area contributed by atoms with Crippen LogP contribution in [0.4, 0.5) is 4.79 Å². The summed E-state index contributed by atoms with van der Waals surface area (Å²) in [6.45, 7) is 4.20. The topological polar surface area (TPSA) is 116 Å². The fourth-order valence-corrected chi connectivity index (χ4v) is 0.855. The van der Waals surface area contributed by atoms with Crippen LogP contribution in [0.2, 0.25) is 0 Å². The van der Waals surface area contributed by atoms with E-state index in [1.807, 2.05) is 0 Å². The third-order valence-corrected chi connectivity index (χ3v) is 1.53. The molecule has 0 spiro atoms. The molecular weight excluding hydrogens is 218 g/mol. The molecule has 0 radical (unpaired) electrons. The summed E-state index contributed by atoms with van der Waals surface area (Å²) in [6.07, 6.45) is -2.77. The van der Waals surface area contributed by atoms with Gasteiger partial charge in [-0.05, 0) is 20.8 Å². The van der Waals surface area contributed by atoms with Crippen molar-refractivity contribution in [1.29, 1.82) is 0 Å². The molecule has 0 aliphatic rings. The molecule has 0 saturated heterocycles. The lowest BCUT2D eigenvalue weighted by atomic mass is 10.2. The van der Waals surface area contributed by atoms with Crippen LogP contribution in [0.5, 0.6) is 0 Å². The van der Waals surface area contributed by atoms with Crippen molar-refractivity contribution in [3.8, 4) is 0 Å². The summed E-state index contributed by atoms with van der Waals surface area (Å²) in [7, 11) is 0. The molecule has 0 aliphatic carbocycles. The smallest absolute Gasteiger partial charge is 0.408 e. The van der Waals surface area contributed by atoms with Crippen molar-refractivity contribution in [2.75, 3.05) is 6.61 Å². The van der Waals surface area contributed by atoms with Gasteiger partial charge in [0, 0.05) is 0 Å². The van der Waals surface area contributed by atoms with Gasteiger partial charge in [-0.1, -0.05) is 0 Å². The standard InChI is InChI=1S/C9H17NO6/c1-9(2,3)16-8(15)10-5(4-11)6(12)7(13)14/h5-6,11-12H,4H2,1-3H3,(H,10,15)(H,13,14). The first kappa shape index (κ1) is 14.7. The van der Waals surface area contributed by atoms with Gasteiger partial charge in [0.1, 0.15) is 5.60 Å². The molecule has 0 aromatic rings. The van der Waals surface area contributed by atoms with Crippen molar-refractivity contribution >= 4 is 12.1 Å². The van der Waals surface area contributed by atoms with Crippen LogP contribution in [0.3, 0.4) is 0 Å². The molecule has 94 valence electrons. The van der Waals surface area contributed by atoms with Crippen LogP contribution < -0.4 is 5.32 Å². The molecule has 0 aromatic carbocycles. The van der Waals surface area contributed by atoms with E-state index in [1.54, 1.807) is 20.8 Å². The molecule has 2 atom stereocenters. The summed E-state index contributed by atoms with van der Waals surface area (Å²) in [5.41, 5.74) is -0.738. The van der Waals surface area contributed by atoms with E-state index in [0.717, 1.165) is 0 Å². The van der Waals surface area contributed by atoms with Gasteiger partial charge in [0.05, 0.1) is 12.6 Å². The van der Waals surface area contributed by atoms with E-state index < -0.39 is 36.4 Å². The summed E-state index contributed by atoms with van der Waals surface area (Å²) in [5.74, 6) is -1.53. The number of hydrogen-bond donors (Lipinski definition) is 4. The Balaban J connectivity index is 4.33. The van der Waals surface area contributed by atoms with Crippen LogP contribution in [0.1, 0.15) is 20.8 Å². The number of aliphatic hydroxyl groups is 2. The number of aliphatic carboxylic acids is 1. The van der Waals surface area contributed by atoms with Crippen LogP contribution >= 0.6 is 0 Å². The number of amides is 1. The summed E-state index contributed by atoms with van der Waals surface area (Å²) < 4.78 is 4.83. The highest BCUT2D eigenvalue weighted by Gasteiger charge is 2.28. The van der Waals surface area contributed by atoms with Crippen LogP contribution in [0.15, 0.2) is 0 Å². The molecule has 0 fully saturated rings. The third-order valence-electron chi connectivity index (χ3n) is 1.53. The summed E-state index contributed by atoms with van der Waals surface area (Å²) >= 11 is 0. The maximum atomic E-state index is 11.2. The van der Waals surface area contributed by atoms with Gasteiger partial charge in [-0.15, -0.1) is 0 Å². The lowest BCUT2D eigenvalue weighted by molar-refractivity contribution is -0.148. The Morgan fingerprint density at radius 1 is 1.38 bits per heavy atom. The Morgan fingerprint density at radius 2 is 1.88 bits per heavy atom. The molecule has 0 saturated carbocycles. The van der Waals surface area contributed by atoms with E-state index in [4.69, 9.17) is 20.1 Å². The van der Waals surface area contributed by atoms with Gasteiger partial charge in [-0.3, -0.25) is 0 Å². The Kier molecular flexibility index (Phi) is 5.19. The Morgan fingerprint density at radius 3 is 2.19 bits per heavy atom. The lowest BCUT2D eigenvalue weighted by Crippen LogP contribution is -2.50.